The second kappa shape index (κ2) is 7.22. The van der Waals surface area contributed by atoms with Crippen LogP contribution < -0.4 is 16.2 Å². The van der Waals surface area contributed by atoms with Crippen molar-refractivity contribution in [2.45, 2.75) is 17.7 Å². The number of rotatable bonds is 2. The molecule has 0 aromatic heterocycles. The van der Waals surface area contributed by atoms with Crippen molar-refractivity contribution >= 4 is 21.7 Å². The highest BCUT2D eigenvalue weighted by molar-refractivity contribution is 7.89. The van der Waals surface area contributed by atoms with Gasteiger partial charge in [0.1, 0.15) is 0 Å². The lowest BCUT2D eigenvalue weighted by molar-refractivity contribution is 0.259. The summed E-state index contributed by atoms with van der Waals surface area (Å²) in [5.74, 6) is 0. The summed E-state index contributed by atoms with van der Waals surface area (Å²) in [6.45, 7) is 2.64. The Labute approximate surface area is 119 Å². The van der Waals surface area contributed by atoms with Gasteiger partial charge in [0, 0.05) is 5.69 Å². The molecule has 1 saturated heterocycles. The van der Waals surface area contributed by atoms with E-state index in [1.165, 1.54) is 50.2 Å². The first kappa shape index (κ1) is 16.4. The fourth-order valence-corrected chi connectivity index (χ4v) is 2.26. The molecule has 1 fully saturated rings. The summed E-state index contributed by atoms with van der Waals surface area (Å²) in [5, 5.41) is 7.15. The third-order valence-corrected chi connectivity index (χ3v) is 3.71. The number of nitrogens with zero attached hydrogens (tertiary/aromatic N) is 1. The number of hydrogen-bond acceptors (Lipinski definition) is 4. The third kappa shape index (κ3) is 6.00. The summed E-state index contributed by atoms with van der Waals surface area (Å²) in [7, 11) is -1.52. The summed E-state index contributed by atoms with van der Waals surface area (Å²) in [6.07, 6.45) is 2.83. The molecule has 2 amide bonds. The van der Waals surface area contributed by atoms with Gasteiger partial charge in [-0.25, -0.2) is 18.4 Å². The molecule has 8 heteroatoms. The monoisotopic (exact) mass is 300 g/mol. The molecule has 0 spiro atoms. The molecule has 7 nitrogen and oxygen atoms in total. The van der Waals surface area contributed by atoms with Crippen LogP contribution in [0.4, 0.5) is 10.5 Å². The molecule has 0 unspecified atom stereocenters. The normalized spacial score (nSPS) is 15.3. The van der Waals surface area contributed by atoms with Gasteiger partial charge in [0.05, 0.1) is 4.90 Å². The number of sulfonamides is 1. The highest BCUT2D eigenvalue weighted by atomic mass is 32.2. The molecule has 1 aromatic carbocycles. The van der Waals surface area contributed by atoms with Crippen LogP contribution in [0.5, 0.6) is 0 Å². The largest absolute Gasteiger partial charge is 0.351 e. The van der Waals surface area contributed by atoms with Gasteiger partial charge in [-0.15, -0.1) is 0 Å². The van der Waals surface area contributed by atoms with E-state index in [0.717, 1.165) is 0 Å². The Morgan fingerprint density at radius 1 is 1.20 bits per heavy atom. The van der Waals surface area contributed by atoms with Gasteiger partial charge in [-0.2, -0.15) is 0 Å². The van der Waals surface area contributed by atoms with Crippen molar-refractivity contribution in [1.82, 2.24) is 4.90 Å². The predicted molar refractivity (Wildman–Crippen MR) is 77.8 cm³/mol. The van der Waals surface area contributed by atoms with Gasteiger partial charge in [-0.05, 0) is 57.2 Å². The fourth-order valence-electron chi connectivity index (χ4n) is 1.75. The van der Waals surface area contributed by atoms with E-state index in [-0.39, 0.29) is 4.90 Å². The number of nitrogens with one attached hydrogen (secondary N) is 1. The summed E-state index contributed by atoms with van der Waals surface area (Å²) >= 11 is 0. The third-order valence-electron chi connectivity index (χ3n) is 2.78. The van der Waals surface area contributed by atoms with Crippen molar-refractivity contribution in [2.24, 2.45) is 10.9 Å². The number of primary amides is 1. The van der Waals surface area contributed by atoms with Crippen LogP contribution in [-0.2, 0) is 10.0 Å². The van der Waals surface area contributed by atoms with Crippen LogP contribution in [0.2, 0.25) is 0 Å². The molecule has 0 aliphatic carbocycles. The van der Waals surface area contributed by atoms with Crippen molar-refractivity contribution in [3.8, 4) is 0 Å². The van der Waals surface area contributed by atoms with Crippen LogP contribution in [-0.4, -0.2) is 39.5 Å². The van der Waals surface area contributed by atoms with Crippen molar-refractivity contribution in [3.05, 3.63) is 24.3 Å². The number of carbonyl (C=O) groups is 1. The molecule has 1 aromatic rings. The topological polar surface area (TPSA) is 119 Å². The van der Waals surface area contributed by atoms with Crippen molar-refractivity contribution in [1.29, 1.82) is 0 Å². The van der Waals surface area contributed by atoms with Gasteiger partial charge in [0.25, 0.3) is 0 Å². The molecule has 2 rings (SSSR count). The number of primary sulfonamides is 1. The molecule has 112 valence electrons. The van der Waals surface area contributed by atoms with Gasteiger partial charge in [0.2, 0.25) is 10.0 Å². The summed E-state index contributed by atoms with van der Waals surface area (Å²) in [5.41, 5.74) is 5.26. The molecular weight excluding hydrogens is 280 g/mol. The van der Waals surface area contributed by atoms with Crippen LogP contribution in [0.1, 0.15) is 12.8 Å². The van der Waals surface area contributed by atoms with Crippen molar-refractivity contribution < 1.29 is 13.2 Å². The molecule has 0 saturated carbocycles. The SMILES string of the molecule is CN1CCCC1.NC(=O)Nc1ccc(S(N)(=O)=O)cc1. The summed E-state index contributed by atoms with van der Waals surface area (Å²) in [4.78, 5) is 12.8. The maximum atomic E-state index is 10.8. The second-order valence-electron chi connectivity index (χ2n) is 4.57. The highest BCUT2D eigenvalue weighted by Gasteiger charge is 2.06. The zero-order valence-electron chi connectivity index (χ0n) is 11.4. The summed E-state index contributed by atoms with van der Waals surface area (Å²) < 4.78 is 21.7. The Hall–Kier alpha value is -1.64. The van der Waals surface area contributed by atoms with Crippen LogP contribution in [0.25, 0.3) is 0 Å². The zero-order valence-corrected chi connectivity index (χ0v) is 12.2. The van der Waals surface area contributed by atoms with Gasteiger partial charge >= 0.3 is 6.03 Å². The van der Waals surface area contributed by atoms with E-state index in [9.17, 15) is 13.2 Å². The van der Waals surface area contributed by atoms with E-state index in [1.807, 2.05) is 0 Å². The molecular formula is C12H20N4O3S. The first-order valence-electron chi connectivity index (χ1n) is 6.17. The van der Waals surface area contributed by atoms with Crippen LogP contribution in [0.15, 0.2) is 29.2 Å². The number of nitrogens with two attached hydrogens (primary N) is 2. The molecule has 1 aliphatic heterocycles. The molecule has 0 radical (unpaired) electrons. The highest BCUT2D eigenvalue weighted by Crippen LogP contribution is 2.12. The second-order valence-corrected chi connectivity index (χ2v) is 6.13. The fraction of sp³-hybridized carbons (Fsp3) is 0.417. The van der Waals surface area contributed by atoms with Crippen LogP contribution in [0, 0.1) is 0 Å². The van der Waals surface area contributed by atoms with E-state index >= 15 is 0 Å². The van der Waals surface area contributed by atoms with Gasteiger partial charge in [0.15, 0.2) is 0 Å². The molecule has 1 heterocycles. The number of benzene rings is 1. The minimum atomic E-state index is -3.69. The number of likely N-dealkylation sites (tertiary alicyclic amines) is 1. The lowest BCUT2D eigenvalue weighted by atomic mass is 10.3. The lowest BCUT2D eigenvalue weighted by Gasteiger charge is -2.02. The number of carbonyl (C=O) groups excluding carboxylic acids is 1. The smallest absolute Gasteiger partial charge is 0.316 e. The van der Waals surface area contributed by atoms with E-state index in [1.54, 1.807) is 0 Å². The van der Waals surface area contributed by atoms with Crippen LogP contribution in [0.3, 0.4) is 0 Å². The minimum absolute atomic E-state index is 0.0208. The molecule has 5 N–H and O–H groups in total. The summed E-state index contributed by atoms with van der Waals surface area (Å²) in [6, 6.07) is 4.63. The average molecular weight is 300 g/mol. The number of hydrogen-bond donors (Lipinski definition) is 3. The van der Waals surface area contributed by atoms with Crippen molar-refractivity contribution in [3.63, 3.8) is 0 Å². The van der Waals surface area contributed by atoms with E-state index in [2.05, 4.69) is 17.3 Å². The molecule has 0 atom stereocenters. The van der Waals surface area contributed by atoms with E-state index in [0.29, 0.717) is 5.69 Å². The maximum absolute atomic E-state index is 10.8. The Morgan fingerprint density at radius 3 is 2.00 bits per heavy atom. The molecule has 20 heavy (non-hydrogen) atoms. The van der Waals surface area contributed by atoms with Crippen LogP contribution >= 0.6 is 0 Å². The maximum Gasteiger partial charge on any atom is 0.316 e. The first-order chi connectivity index (χ1) is 9.29. The number of urea groups is 1. The lowest BCUT2D eigenvalue weighted by Crippen LogP contribution is -2.19. The minimum Gasteiger partial charge on any atom is -0.351 e. The quantitative estimate of drug-likeness (QED) is 0.738. The van der Waals surface area contributed by atoms with Crippen molar-refractivity contribution in [2.75, 3.05) is 25.5 Å². The van der Waals surface area contributed by atoms with Gasteiger partial charge in [-0.1, -0.05) is 0 Å². The molecule has 0 bridgehead atoms. The molecule has 1 aliphatic rings. The number of amides is 2. The standard InChI is InChI=1S/C7H9N3O3S.C5H11N/c8-7(11)10-5-1-3-6(4-2-5)14(9,12)13;1-6-4-2-3-5-6/h1-4H,(H3,8,10,11)(H2,9,12,13);2-5H2,1H3. The van der Waals surface area contributed by atoms with Gasteiger partial charge in [-0.3, -0.25) is 0 Å². The average Bonchev–Trinajstić information content (AvgIpc) is 2.80. The predicted octanol–water partition coefficient (Wildman–Crippen LogP) is 0.537. The zero-order chi connectivity index (χ0) is 15.2. The Balaban J connectivity index is 0.000000276. The van der Waals surface area contributed by atoms with E-state index < -0.39 is 16.1 Å². The first-order valence-corrected chi connectivity index (χ1v) is 7.71. The number of anilines is 1. The Bertz CT molecular complexity index is 536. The van der Waals surface area contributed by atoms with Gasteiger partial charge < -0.3 is 16.0 Å². The Kier molecular flexibility index (Phi) is 5.93. The Morgan fingerprint density at radius 2 is 1.70 bits per heavy atom. The van der Waals surface area contributed by atoms with E-state index in [4.69, 9.17) is 10.9 Å².